The Morgan fingerprint density at radius 3 is 2.17 bits per heavy atom. The maximum atomic E-state index is 13.5. The van der Waals surface area contributed by atoms with Crippen LogP contribution in [-0.2, 0) is 0 Å². The van der Waals surface area contributed by atoms with Gasteiger partial charge in [0, 0.05) is 11.6 Å². The number of rotatable bonds is 2. The molecule has 0 saturated carbocycles. The summed E-state index contributed by atoms with van der Waals surface area (Å²) in [6.07, 6.45) is 0. The molecule has 0 aliphatic rings. The SMILES string of the molecule is Fc1cccc(C(Br)c2cc(F)c(F)cc2F)c1. The number of alkyl halides is 1. The van der Waals surface area contributed by atoms with Gasteiger partial charge in [-0.05, 0) is 23.8 Å². The highest BCUT2D eigenvalue weighted by Crippen LogP contribution is 2.33. The molecule has 1 unspecified atom stereocenters. The fourth-order valence-electron chi connectivity index (χ4n) is 1.58. The molecule has 0 radical (unpaired) electrons. The van der Waals surface area contributed by atoms with Crippen LogP contribution < -0.4 is 0 Å². The van der Waals surface area contributed by atoms with Crippen LogP contribution in [0.2, 0.25) is 0 Å². The largest absolute Gasteiger partial charge is 0.207 e. The van der Waals surface area contributed by atoms with Crippen molar-refractivity contribution in [1.29, 1.82) is 0 Å². The van der Waals surface area contributed by atoms with Crippen molar-refractivity contribution in [3.8, 4) is 0 Å². The van der Waals surface area contributed by atoms with E-state index >= 15 is 0 Å². The minimum atomic E-state index is -1.25. The Morgan fingerprint density at radius 1 is 0.833 bits per heavy atom. The van der Waals surface area contributed by atoms with Gasteiger partial charge in [-0.25, -0.2) is 17.6 Å². The highest BCUT2D eigenvalue weighted by atomic mass is 79.9. The molecule has 0 aliphatic heterocycles. The van der Waals surface area contributed by atoms with Gasteiger partial charge in [0.25, 0.3) is 0 Å². The highest BCUT2D eigenvalue weighted by Gasteiger charge is 2.18. The first-order valence-electron chi connectivity index (χ1n) is 5.03. The maximum absolute atomic E-state index is 13.5. The van der Waals surface area contributed by atoms with Crippen LogP contribution in [0.3, 0.4) is 0 Å². The maximum Gasteiger partial charge on any atom is 0.161 e. The summed E-state index contributed by atoms with van der Waals surface area (Å²) in [6.45, 7) is 0. The third-order valence-electron chi connectivity index (χ3n) is 2.45. The van der Waals surface area contributed by atoms with E-state index in [0.717, 1.165) is 6.07 Å². The Morgan fingerprint density at radius 2 is 1.50 bits per heavy atom. The van der Waals surface area contributed by atoms with Gasteiger partial charge in [-0.15, -0.1) is 0 Å². The number of halogens is 5. The lowest BCUT2D eigenvalue weighted by molar-refractivity contribution is 0.491. The Hall–Kier alpha value is -1.36. The van der Waals surface area contributed by atoms with Crippen molar-refractivity contribution in [3.05, 3.63) is 70.8 Å². The minimum Gasteiger partial charge on any atom is -0.207 e. The van der Waals surface area contributed by atoms with E-state index in [-0.39, 0.29) is 5.56 Å². The summed E-state index contributed by atoms with van der Waals surface area (Å²) in [7, 11) is 0. The topological polar surface area (TPSA) is 0 Å². The molecule has 2 rings (SSSR count). The van der Waals surface area contributed by atoms with E-state index in [1.807, 2.05) is 0 Å². The minimum absolute atomic E-state index is 0.0838. The average Bonchev–Trinajstić information content (AvgIpc) is 2.33. The standard InChI is InChI=1S/C13H7BrF4/c14-13(7-2-1-3-8(15)4-7)9-5-11(17)12(18)6-10(9)16/h1-6,13H. The van der Waals surface area contributed by atoms with Crippen LogP contribution in [0.15, 0.2) is 36.4 Å². The highest BCUT2D eigenvalue weighted by molar-refractivity contribution is 9.09. The summed E-state index contributed by atoms with van der Waals surface area (Å²) in [6, 6.07) is 6.68. The van der Waals surface area contributed by atoms with Crippen molar-refractivity contribution in [2.45, 2.75) is 4.83 Å². The lowest BCUT2D eigenvalue weighted by Crippen LogP contribution is -2.00. The molecule has 5 heteroatoms. The van der Waals surface area contributed by atoms with E-state index in [1.165, 1.54) is 18.2 Å². The van der Waals surface area contributed by atoms with Crippen molar-refractivity contribution >= 4 is 15.9 Å². The molecular formula is C13H7BrF4. The molecule has 94 valence electrons. The van der Waals surface area contributed by atoms with Crippen LogP contribution in [0, 0.1) is 23.3 Å². The first kappa shape index (κ1) is 13.1. The van der Waals surface area contributed by atoms with Gasteiger partial charge in [0.1, 0.15) is 11.6 Å². The second-order valence-electron chi connectivity index (χ2n) is 3.71. The normalized spacial score (nSPS) is 12.5. The fourth-order valence-corrected chi connectivity index (χ4v) is 2.21. The molecule has 0 aliphatic carbocycles. The van der Waals surface area contributed by atoms with Crippen LogP contribution >= 0.6 is 15.9 Å². The van der Waals surface area contributed by atoms with Crippen molar-refractivity contribution in [2.24, 2.45) is 0 Å². The van der Waals surface area contributed by atoms with Gasteiger partial charge in [-0.1, -0.05) is 28.1 Å². The Labute approximate surface area is 109 Å². The first-order valence-corrected chi connectivity index (χ1v) is 5.94. The monoisotopic (exact) mass is 318 g/mol. The van der Waals surface area contributed by atoms with Crippen LogP contribution in [-0.4, -0.2) is 0 Å². The van der Waals surface area contributed by atoms with Crippen LogP contribution in [0.25, 0.3) is 0 Å². The lowest BCUT2D eigenvalue weighted by Gasteiger charge is -2.12. The van der Waals surface area contributed by atoms with Gasteiger partial charge in [-0.3, -0.25) is 0 Å². The summed E-state index contributed by atoms with van der Waals surface area (Å²) < 4.78 is 52.5. The predicted octanol–water partition coefficient (Wildman–Crippen LogP) is 4.73. The summed E-state index contributed by atoms with van der Waals surface area (Å²) in [4.78, 5) is -0.747. The lowest BCUT2D eigenvalue weighted by atomic mass is 10.0. The van der Waals surface area contributed by atoms with E-state index in [9.17, 15) is 17.6 Å². The van der Waals surface area contributed by atoms with E-state index in [4.69, 9.17) is 0 Å². The van der Waals surface area contributed by atoms with Gasteiger partial charge < -0.3 is 0 Å². The van der Waals surface area contributed by atoms with Crippen molar-refractivity contribution < 1.29 is 17.6 Å². The number of hydrogen-bond donors (Lipinski definition) is 0. The third kappa shape index (κ3) is 2.56. The molecule has 0 amide bonds. The predicted molar refractivity (Wildman–Crippen MR) is 63.5 cm³/mol. The molecule has 0 heterocycles. The summed E-state index contributed by atoms with van der Waals surface area (Å²) in [5.41, 5.74) is 0.333. The molecule has 0 N–H and O–H groups in total. The van der Waals surface area contributed by atoms with Gasteiger partial charge in [0.2, 0.25) is 0 Å². The van der Waals surface area contributed by atoms with E-state index in [0.29, 0.717) is 11.6 Å². The quantitative estimate of drug-likeness (QED) is 0.427. The van der Waals surface area contributed by atoms with Crippen LogP contribution in [0.4, 0.5) is 17.6 Å². The van der Waals surface area contributed by atoms with Crippen LogP contribution in [0.1, 0.15) is 16.0 Å². The second-order valence-corrected chi connectivity index (χ2v) is 4.62. The molecule has 0 fully saturated rings. The van der Waals surface area contributed by atoms with E-state index in [2.05, 4.69) is 15.9 Å². The Kier molecular flexibility index (Phi) is 3.71. The van der Waals surface area contributed by atoms with Gasteiger partial charge in [0.05, 0.1) is 4.83 Å². The zero-order chi connectivity index (χ0) is 13.3. The fraction of sp³-hybridized carbons (Fsp3) is 0.0769. The summed E-state index contributed by atoms with van der Waals surface area (Å²) >= 11 is 3.14. The first-order chi connectivity index (χ1) is 8.49. The number of benzene rings is 2. The summed E-state index contributed by atoms with van der Waals surface area (Å²) in [5, 5.41) is 0. The van der Waals surface area contributed by atoms with Crippen molar-refractivity contribution in [2.75, 3.05) is 0 Å². The molecule has 0 bridgehead atoms. The molecule has 0 spiro atoms. The second kappa shape index (κ2) is 5.10. The Bertz CT molecular complexity index is 583. The van der Waals surface area contributed by atoms with E-state index < -0.39 is 28.1 Å². The molecule has 0 saturated heterocycles. The zero-order valence-electron chi connectivity index (χ0n) is 8.93. The Balaban J connectivity index is 2.46. The molecule has 0 nitrogen and oxygen atoms in total. The van der Waals surface area contributed by atoms with E-state index in [1.54, 1.807) is 6.07 Å². The molecule has 2 aromatic rings. The van der Waals surface area contributed by atoms with Crippen LogP contribution in [0.5, 0.6) is 0 Å². The third-order valence-corrected chi connectivity index (χ3v) is 3.48. The smallest absolute Gasteiger partial charge is 0.161 e. The molecular weight excluding hydrogens is 312 g/mol. The zero-order valence-corrected chi connectivity index (χ0v) is 10.5. The molecule has 1 atom stereocenters. The van der Waals surface area contributed by atoms with Crippen molar-refractivity contribution in [3.63, 3.8) is 0 Å². The molecule has 0 aromatic heterocycles. The molecule has 18 heavy (non-hydrogen) atoms. The van der Waals surface area contributed by atoms with Crippen molar-refractivity contribution in [1.82, 2.24) is 0 Å². The van der Waals surface area contributed by atoms with Gasteiger partial charge in [0.15, 0.2) is 11.6 Å². The molecule has 2 aromatic carbocycles. The average molecular weight is 319 g/mol. The van der Waals surface area contributed by atoms with Gasteiger partial charge in [-0.2, -0.15) is 0 Å². The number of hydrogen-bond acceptors (Lipinski definition) is 0. The van der Waals surface area contributed by atoms with Gasteiger partial charge >= 0.3 is 0 Å². The summed E-state index contributed by atoms with van der Waals surface area (Å²) in [5.74, 6) is -3.78.